The second-order valence-corrected chi connectivity index (χ2v) is 10.3. The van der Waals surface area contributed by atoms with Gasteiger partial charge in [0.25, 0.3) is 0 Å². The molecule has 0 saturated carbocycles. The molecule has 0 heterocycles. The van der Waals surface area contributed by atoms with Gasteiger partial charge in [-0.3, -0.25) is 9.59 Å². The van der Waals surface area contributed by atoms with E-state index in [1.165, 1.54) is 77.0 Å². The summed E-state index contributed by atoms with van der Waals surface area (Å²) < 4.78 is 0. The summed E-state index contributed by atoms with van der Waals surface area (Å²) in [5, 5.41) is 11.7. The number of rotatable bonds is 25. The molecule has 0 unspecified atom stereocenters. The SMILES string of the molecule is CCCCCCCCCCCCCCNCCCC(=O)N[C@H](C(=O)NCCCCNC(N)=O)C(C)C. The van der Waals surface area contributed by atoms with Crippen LogP contribution in [0.15, 0.2) is 0 Å². The molecule has 1 atom stereocenters. The molecule has 0 fully saturated rings. The van der Waals surface area contributed by atoms with E-state index in [-0.39, 0.29) is 17.7 Å². The normalized spacial score (nSPS) is 11.9. The van der Waals surface area contributed by atoms with E-state index in [9.17, 15) is 14.4 Å². The van der Waals surface area contributed by atoms with Gasteiger partial charge in [-0.05, 0) is 44.7 Å². The zero-order chi connectivity index (χ0) is 26.9. The Hall–Kier alpha value is -1.83. The number of nitrogens with two attached hydrogens (primary N) is 1. The third-order valence-corrected chi connectivity index (χ3v) is 6.43. The van der Waals surface area contributed by atoms with Crippen LogP contribution >= 0.6 is 0 Å². The molecule has 8 heteroatoms. The molecule has 0 aliphatic rings. The van der Waals surface area contributed by atoms with Gasteiger partial charge in [0, 0.05) is 19.5 Å². The highest BCUT2D eigenvalue weighted by atomic mass is 16.2. The first-order chi connectivity index (χ1) is 17.4. The molecule has 0 radical (unpaired) electrons. The smallest absolute Gasteiger partial charge is 0.312 e. The van der Waals surface area contributed by atoms with Gasteiger partial charge in [-0.15, -0.1) is 0 Å². The van der Waals surface area contributed by atoms with Crippen molar-refractivity contribution in [1.29, 1.82) is 0 Å². The standard InChI is InChI=1S/C28H57N5O3/c1-4-5-6-7-8-9-10-11-12-13-14-15-20-30-21-18-19-25(34)33-26(24(2)3)27(35)31-22-16-17-23-32-28(29)36/h24,26,30H,4-23H2,1-3H3,(H,31,35)(H,33,34)(H3,29,32,36)/t26-/m0/s1. The monoisotopic (exact) mass is 511 g/mol. The van der Waals surface area contributed by atoms with E-state index in [0.717, 1.165) is 32.4 Å². The van der Waals surface area contributed by atoms with Gasteiger partial charge in [0.05, 0.1) is 0 Å². The van der Waals surface area contributed by atoms with E-state index >= 15 is 0 Å². The van der Waals surface area contributed by atoms with Crippen molar-refractivity contribution in [1.82, 2.24) is 21.3 Å². The first-order valence-electron chi connectivity index (χ1n) is 14.7. The minimum atomic E-state index is -0.541. The summed E-state index contributed by atoms with van der Waals surface area (Å²) in [6.07, 6.45) is 18.9. The van der Waals surface area contributed by atoms with Crippen LogP contribution in [-0.4, -0.2) is 50.1 Å². The predicted molar refractivity (Wildman–Crippen MR) is 150 cm³/mol. The topological polar surface area (TPSA) is 125 Å². The van der Waals surface area contributed by atoms with Crippen LogP contribution < -0.4 is 27.0 Å². The van der Waals surface area contributed by atoms with Crippen molar-refractivity contribution in [3.8, 4) is 0 Å². The number of urea groups is 1. The zero-order valence-electron chi connectivity index (χ0n) is 23.6. The fourth-order valence-electron chi connectivity index (χ4n) is 4.15. The zero-order valence-corrected chi connectivity index (χ0v) is 23.6. The molecule has 4 amide bonds. The Labute approximate surface area is 221 Å². The minimum Gasteiger partial charge on any atom is -0.354 e. The van der Waals surface area contributed by atoms with Crippen LogP contribution in [0.1, 0.15) is 124 Å². The van der Waals surface area contributed by atoms with E-state index in [1.54, 1.807) is 0 Å². The second-order valence-electron chi connectivity index (χ2n) is 10.3. The molecule has 36 heavy (non-hydrogen) atoms. The molecule has 0 aliphatic carbocycles. The maximum Gasteiger partial charge on any atom is 0.312 e. The summed E-state index contributed by atoms with van der Waals surface area (Å²) in [5.41, 5.74) is 5.02. The minimum absolute atomic E-state index is 0.00870. The highest BCUT2D eigenvalue weighted by molar-refractivity contribution is 5.87. The van der Waals surface area contributed by atoms with Crippen LogP contribution in [0.25, 0.3) is 0 Å². The number of primary amides is 1. The van der Waals surface area contributed by atoms with Gasteiger partial charge in [0.15, 0.2) is 0 Å². The van der Waals surface area contributed by atoms with Crippen molar-refractivity contribution < 1.29 is 14.4 Å². The largest absolute Gasteiger partial charge is 0.354 e. The van der Waals surface area contributed by atoms with E-state index < -0.39 is 12.1 Å². The van der Waals surface area contributed by atoms with Crippen LogP contribution in [0, 0.1) is 5.92 Å². The summed E-state index contributed by atoms with van der Waals surface area (Å²) in [7, 11) is 0. The first-order valence-corrected chi connectivity index (χ1v) is 14.7. The van der Waals surface area contributed by atoms with E-state index in [4.69, 9.17) is 5.73 Å². The Morgan fingerprint density at radius 2 is 1.11 bits per heavy atom. The fourth-order valence-corrected chi connectivity index (χ4v) is 4.15. The second kappa shape index (κ2) is 24.8. The van der Waals surface area contributed by atoms with Gasteiger partial charge in [0.2, 0.25) is 11.8 Å². The maximum atomic E-state index is 12.5. The Bertz CT molecular complexity index is 557. The Kier molecular flexibility index (Phi) is 23.6. The lowest BCUT2D eigenvalue weighted by Gasteiger charge is -2.21. The van der Waals surface area contributed by atoms with Crippen molar-refractivity contribution in [3.63, 3.8) is 0 Å². The van der Waals surface area contributed by atoms with E-state index in [1.807, 2.05) is 13.8 Å². The van der Waals surface area contributed by atoms with Gasteiger partial charge < -0.3 is 27.0 Å². The number of unbranched alkanes of at least 4 members (excludes halogenated alkanes) is 12. The van der Waals surface area contributed by atoms with Gasteiger partial charge in [-0.25, -0.2) is 4.79 Å². The van der Waals surface area contributed by atoms with Crippen LogP contribution in [0.3, 0.4) is 0 Å². The average molecular weight is 512 g/mol. The van der Waals surface area contributed by atoms with Crippen molar-refractivity contribution >= 4 is 17.8 Å². The molecule has 0 bridgehead atoms. The number of amides is 4. The molecule has 212 valence electrons. The summed E-state index contributed by atoms with van der Waals surface area (Å²) in [6.45, 7) is 8.94. The number of carbonyl (C=O) groups excluding carboxylic acids is 3. The lowest BCUT2D eigenvalue weighted by molar-refractivity contribution is -0.130. The summed E-state index contributed by atoms with van der Waals surface area (Å²) in [5.74, 6) is -0.234. The van der Waals surface area contributed by atoms with E-state index in [2.05, 4.69) is 28.2 Å². The third kappa shape index (κ3) is 22.6. The average Bonchev–Trinajstić information content (AvgIpc) is 2.83. The lowest BCUT2D eigenvalue weighted by atomic mass is 10.0. The quantitative estimate of drug-likeness (QED) is 0.113. The molecule has 0 aromatic rings. The number of carbonyl (C=O) groups is 3. The molecular formula is C28H57N5O3. The molecule has 0 aliphatic heterocycles. The Morgan fingerprint density at radius 1 is 0.639 bits per heavy atom. The molecule has 0 aromatic carbocycles. The highest BCUT2D eigenvalue weighted by Gasteiger charge is 2.23. The lowest BCUT2D eigenvalue weighted by Crippen LogP contribution is -2.50. The van der Waals surface area contributed by atoms with Crippen molar-refractivity contribution in [2.24, 2.45) is 11.7 Å². The summed E-state index contributed by atoms with van der Waals surface area (Å²) in [4.78, 5) is 35.4. The van der Waals surface area contributed by atoms with Gasteiger partial charge >= 0.3 is 6.03 Å². The van der Waals surface area contributed by atoms with Crippen LogP contribution in [-0.2, 0) is 9.59 Å². The number of nitrogens with one attached hydrogen (secondary N) is 4. The van der Waals surface area contributed by atoms with Gasteiger partial charge in [0.1, 0.15) is 6.04 Å². The van der Waals surface area contributed by atoms with Crippen LogP contribution in [0.4, 0.5) is 4.79 Å². The van der Waals surface area contributed by atoms with Crippen molar-refractivity contribution in [3.05, 3.63) is 0 Å². The third-order valence-electron chi connectivity index (χ3n) is 6.43. The molecule has 0 aromatic heterocycles. The fraction of sp³-hybridized carbons (Fsp3) is 0.893. The predicted octanol–water partition coefficient (Wildman–Crippen LogP) is 4.76. The van der Waals surface area contributed by atoms with Crippen molar-refractivity contribution in [2.45, 2.75) is 130 Å². The molecule has 0 saturated heterocycles. The van der Waals surface area contributed by atoms with Gasteiger partial charge in [-0.2, -0.15) is 0 Å². The van der Waals surface area contributed by atoms with Crippen molar-refractivity contribution in [2.75, 3.05) is 26.2 Å². The Morgan fingerprint density at radius 3 is 1.64 bits per heavy atom. The molecule has 8 nitrogen and oxygen atoms in total. The number of hydrogen-bond acceptors (Lipinski definition) is 4. The summed E-state index contributed by atoms with van der Waals surface area (Å²) >= 11 is 0. The molecule has 0 spiro atoms. The molecular weight excluding hydrogens is 454 g/mol. The van der Waals surface area contributed by atoms with Crippen LogP contribution in [0.2, 0.25) is 0 Å². The van der Waals surface area contributed by atoms with Crippen LogP contribution in [0.5, 0.6) is 0 Å². The van der Waals surface area contributed by atoms with E-state index in [0.29, 0.717) is 19.5 Å². The molecule has 6 N–H and O–H groups in total. The highest BCUT2D eigenvalue weighted by Crippen LogP contribution is 2.11. The Balaban J connectivity index is 3.66. The maximum absolute atomic E-state index is 12.5. The first kappa shape index (κ1) is 34.2. The number of hydrogen-bond donors (Lipinski definition) is 5. The summed E-state index contributed by atoms with van der Waals surface area (Å²) in [6, 6.07) is -1.07. The van der Waals surface area contributed by atoms with Gasteiger partial charge in [-0.1, -0.05) is 91.4 Å². The molecule has 0 rings (SSSR count).